The third-order valence-corrected chi connectivity index (χ3v) is 3.96. The van der Waals surface area contributed by atoms with E-state index in [-0.39, 0.29) is 0 Å². The van der Waals surface area contributed by atoms with Crippen LogP contribution in [0, 0.1) is 17.2 Å². The van der Waals surface area contributed by atoms with Crippen LogP contribution in [-0.2, 0) is 11.2 Å². The lowest BCUT2D eigenvalue weighted by Crippen LogP contribution is -2.09. The molecular formula is C17H21NO. The lowest BCUT2D eigenvalue weighted by atomic mass is 9.83. The molecule has 1 saturated carbocycles. The maximum absolute atomic E-state index is 8.77. The van der Waals surface area contributed by atoms with Gasteiger partial charge in [0, 0.05) is 0 Å². The van der Waals surface area contributed by atoms with Crippen molar-refractivity contribution in [1.82, 2.24) is 0 Å². The Labute approximate surface area is 115 Å². The molecular weight excluding hydrogens is 234 g/mol. The van der Waals surface area contributed by atoms with Gasteiger partial charge in [-0.25, -0.2) is 0 Å². The van der Waals surface area contributed by atoms with Crippen LogP contribution < -0.4 is 0 Å². The van der Waals surface area contributed by atoms with E-state index >= 15 is 0 Å². The van der Waals surface area contributed by atoms with Crippen LogP contribution in [0.15, 0.2) is 36.1 Å². The summed E-state index contributed by atoms with van der Waals surface area (Å²) >= 11 is 0. The van der Waals surface area contributed by atoms with Crippen molar-refractivity contribution in [1.29, 1.82) is 5.26 Å². The zero-order valence-electron chi connectivity index (χ0n) is 11.6. The molecule has 0 amide bonds. The Morgan fingerprint density at radius 1 is 1.26 bits per heavy atom. The molecule has 0 bridgehead atoms. The standard InChI is InChI=1S/C17H21NO/c1-19-13-17-10-6-15(7-11-17)3-2-14-4-8-16(12-18)9-5-14/h4-5,8-9,13,15H,2-3,6-7,10-11H2,1H3. The third-order valence-electron chi connectivity index (χ3n) is 3.96. The summed E-state index contributed by atoms with van der Waals surface area (Å²) in [5.74, 6) is 0.838. The first-order valence-electron chi connectivity index (χ1n) is 7.01. The number of ether oxygens (including phenoxy) is 1. The van der Waals surface area contributed by atoms with E-state index < -0.39 is 0 Å². The fourth-order valence-corrected chi connectivity index (χ4v) is 2.74. The minimum atomic E-state index is 0.746. The maximum Gasteiger partial charge on any atom is 0.0991 e. The first kappa shape index (κ1) is 13.7. The molecule has 1 aliphatic rings. The van der Waals surface area contributed by atoms with Gasteiger partial charge in [0.2, 0.25) is 0 Å². The Morgan fingerprint density at radius 3 is 2.53 bits per heavy atom. The molecule has 19 heavy (non-hydrogen) atoms. The Hall–Kier alpha value is -1.75. The number of rotatable bonds is 4. The smallest absolute Gasteiger partial charge is 0.0991 e. The fourth-order valence-electron chi connectivity index (χ4n) is 2.74. The van der Waals surface area contributed by atoms with E-state index in [0.717, 1.165) is 17.9 Å². The first-order chi connectivity index (χ1) is 9.31. The van der Waals surface area contributed by atoms with Crippen LogP contribution >= 0.6 is 0 Å². The summed E-state index contributed by atoms with van der Waals surface area (Å²) < 4.78 is 5.08. The topological polar surface area (TPSA) is 33.0 Å². The lowest BCUT2D eigenvalue weighted by molar-refractivity contribution is 0.317. The molecule has 0 N–H and O–H groups in total. The summed E-state index contributed by atoms with van der Waals surface area (Å²) in [5, 5.41) is 8.77. The number of nitrogens with zero attached hydrogens (tertiary/aromatic N) is 1. The first-order valence-corrected chi connectivity index (χ1v) is 7.01. The summed E-state index contributed by atoms with van der Waals surface area (Å²) in [6.45, 7) is 0. The Morgan fingerprint density at radius 2 is 1.95 bits per heavy atom. The molecule has 2 heteroatoms. The molecule has 1 aromatic carbocycles. The zero-order chi connectivity index (χ0) is 13.5. The molecule has 1 aromatic rings. The van der Waals surface area contributed by atoms with Gasteiger partial charge in [-0.3, -0.25) is 0 Å². The zero-order valence-corrected chi connectivity index (χ0v) is 11.6. The molecule has 0 unspecified atom stereocenters. The van der Waals surface area contributed by atoms with Gasteiger partial charge in [-0.2, -0.15) is 5.26 Å². The van der Waals surface area contributed by atoms with Crippen LogP contribution in [0.4, 0.5) is 0 Å². The highest BCUT2D eigenvalue weighted by Crippen LogP contribution is 2.31. The summed E-state index contributed by atoms with van der Waals surface area (Å²) in [6, 6.07) is 10.1. The van der Waals surface area contributed by atoms with E-state index in [4.69, 9.17) is 10.00 Å². The Kier molecular flexibility index (Phi) is 5.03. The lowest BCUT2D eigenvalue weighted by Gasteiger charge is -2.23. The van der Waals surface area contributed by atoms with Crippen LogP contribution in [0.3, 0.4) is 0 Å². The molecule has 2 nitrogen and oxygen atoms in total. The minimum absolute atomic E-state index is 0.746. The van der Waals surface area contributed by atoms with Crippen LogP contribution in [-0.4, -0.2) is 7.11 Å². The predicted molar refractivity (Wildman–Crippen MR) is 76.5 cm³/mol. The van der Waals surface area contributed by atoms with E-state index in [0.29, 0.717) is 0 Å². The van der Waals surface area contributed by atoms with Gasteiger partial charge in [0.25, 0.3) is 0 Å². The molecule has 0 spiro atoms. The normalized spacial score (nSPS) is 18.7. The maximum atomic E-state index is 8.77. The fraction of sp³-hybridized carbons (Fsp3) is 0.471. The van der Waals surface area contributed by atoms with Gasteiger partial charge < -0.3 is 4.74 Å². The number of hydrogen-bond donors (Lipinski definition) is 0. The molecule has 0 heterocycles. The number of benzene rings is 1. The molecule has 0 aliphatic heterocycles. The third kappa shape index (κ3) is 4.13. The molecule has 0 radical (unpaired) electrons. The van der Waals surface area contributed by atoms with E-state index in [9.17, 15) is 0 Å². The number of allylic oxidation sites excluding steroid dienone is 1. The van der Waals surface area contributed by atoms with Crippen LogP contribution in [0.25, 0.3) is 0 Å². The van der Waals surface area contributed by atoms with Crippen molar-refractivity contribution in [2.75, 3.05) is 7.11 Å². The van der Waals surface area contributed by atoms with Crippen LogP contribution in [0.1, 0.15) is 43.2 Å². The van der Waals surface area contributed by atoms with Crippen LogP contribution in [0.5, 0.6) is 0 Å². The summed E-state index contributed by atoms with van der Waals surface area (Å²) in [5.41, 5.74) is 3.55. The number of methoxy groups -OCH3 is 1. The van der Waals surface area contributed by atoms with E-state index in [1.165, 1.54) is 43.2 Å². The highest BCUT2D eigenvalue weighted by Gasteiger charge is 2.16. The number of nitriles is 1. The number of hydrogen-bond acceptors (Lipinski definition) is 2. The Balaban J connectivity index is 1.77. The summed E-state index contributed by atoms with van der Waals surface area (Å²) in [4.78, 5) is 0. The molecule has 0 aromatic heterocycles. The number of aryl methyl sites for hydroxylation is 1. The molecule has 100 valence electrons. The molecule has 2 rings (SSSR count). The average molecular weight is 255 g/mol. The van der Waals surface area contributed by atoms with E-state index in [1.807, 2.05) is 18.4 Å². The van der Waals surface area contributed by atoms with Crippen molar-refractivity contribution in [2.24, 2.45) is 5.92 Å². The van der Waals surface area contributed by atoms with Crippen molar-refractivity contribution in [3.05, 3.63) is 47.2 Å². The van der Waals surface area contributed by atoms with Crippen molar-refractivity contribution < 1.29 is 4.74 Å². The largest absolute Gasteiger partial charge is 0.504 e. The monoisotopic (exact) mass is 255 g/mol. The van der Waals surface area contributed by atoms with Gasteiger partial charge in [0.15, 0.2) is 0 Å². The molecule has 0 saturated heterocycles. The molecule has 0 atom stereocenters. The average Bonchev–Trinajstić information content (AvgIpc) is 2.47. The highest BCUT2D eigenvalue weighted by molar-refractivity contribution is 5.31. The van der Waals surface area contributed by atoms with Crippen molar-refractivity contribution in [3.8, 4) is 6.07 Å². The molecule has 1 fully saturated rings. The van der Waals surface area contributed by atoms with Gasteiger partial charge >= 0.3 is 0 Å². The van der Waals surface area contributed by atoms with Gasteiger partial charge in [-0.15, -0.1) is 0 Å². The van der Waals surface area contributed by atoms with Crippen molar-refractivity contribution >= 4 is 0 Å². The van der Waals surface area contributed by atoms with Gasteiger partial charge in [-0.05, 0) is 67.7 Å². The van der Waals surface area contributed by atoms with Crippen molar-refractivity contribution in [2.45, 2.75) is 38.5 Å². The quantitative estimate of drug-likeness (QED) is 0.755. The second-order valence-electron chi connectivity index (χ2n) is 5.30. The highest BCUT2D eigenvalue weighted by atomic mass is 16.5. The summed E-state index contributed by atoms with van der Waals surface area (Å²) in [7, 11) is 1.73. The van der Waals surface area contributed by atoms with E-state index in [2.05, 4.69) is 18.2 Å². The second-order valence-corrected chi connectivity index (χ2v) is 5.30. The van der Waals surface area contributed by atoms with Crippen LogP contribution in [0.2, 0.25) is 0 Å². The van der Waals surface area contributed by atoms with Gasteiger partial charge in [0.05, 0.1) is 25.0 Å². The SMILES string of the molecule is COC=C1CCC(CCc2ccc(C#N)cc2)CC1. The van der Waals surface area contributed by atoms with E-state index in [1.54, 1.807) is 7.11 Å². The predicted octanol–water partition coefficient (Wildman–Crippen LogP) is 4.21. The molecule has 1 aliphatic carbocycles. The van der Waals surface area contributed by atoms with Gasteiger partial charge in [-0.1, -0.05) is 12.1 Å². The minimum Gasteiger partial charge on any atom is -0.504 e. The van der Waals surface area contributed by atoms with Crippen molar-refractivity contribution in [3.63, 3.8) is 0 Å². The Bertz CT molecular complexity index is 457. The second kappa shape index (κ2) is 6.99. The summed E-state index contributed by atoms with van der Waals surface area (Å²) in [6.07, 6.45) is 9.23. The van der Waals surface area contributed by atoms with Gasteiger partial charge in [0.1, 0.15) is 0 Å².